The van der Waals surface area contributed by atoms with E-state index < -0.39 is 18.0 Å². The number of benzene rings is 1. The number of likely N-dealkylation sites (N-methyl/N-ethyl adjacent to an activating group) is 2. The van der Waals surface area contributed by atoms with Crippen LogP contribution in [0.15, 0.2) is 12.1 Å². The molecule has 1 atom stereocenters. The summed E-state index contributed by atoms with van der Waals surface area (Å²) in [5.41, 5.74) is 0.831. The molecule has 1 aromatic carbocycles. The zero-order valence-corrected chi connectivity index (χ0v) is 16.7. The molecule has 0 aromatic heterocycles. The maximum absolute atomic E-state index is 13.8. The number of anilines is 1. The Hall–Kier alpha value is -1.99. The van der Waals surface area contributed by atoms with Crippen molar-refractivity contribution in [2.75, 3.05) is 39.1 Å². The molecule has 2 rings (SSSR count). The normalized spacial score (nSPS) is 17.7. The molecule has 27 heavy (non-hydrogen) atoms. The van der Waals surface area contributed by atoms with E-state index in [2.05, 4.69) is 17.7 Å². The number of amides is 1. The van der Waals surface area contributed by atoms with Crippen LogP contribution in [-0.4, -0.2) is 56.3 Å². The van der Waals surface area contributed by atoms with Gasteiger partial charge in [0.25, 0.3) is 5.91 Å². The van der Waals surface area contributed by atoms with E-state index in [1.54, 1.807) is 20.9 Å². The molecule has 1 amide bonds. The fraction of sp³-hybridized carbons (Fsp3) is 0.600. The average Bonchev–Trinajstić information content (AvgIpc) is 2.83. The lowest BCUT2D eigenvalue weighted by atomic mass is 10.1. The molecule has 0 saturated carbocycles. The van der Waals surface area contributed by atoms with E-state index in [4.69, 9.17) is 4.74 Å². The number of quaternary nitrogens is 1. The Labute approximate surface area is 160 Å². The molecule has 0 spiro atoms. The standard InChI is InChI=1S/C20H30FN3O3/c1-5-27-20(26)16-13-15(21)12-14(2)17(16)23-19(25)18(22-3)24(4)10-8-6-7-9-11-24/h12-13,18,22H,5-11H2,1-4H3/p+1. The third-order valence-electron chi connectivity index (χ3n) is 5.28. The highest BCUT2D eigenvalue weighted by atomic mass is 19.1. The van der Waals surface area contributed by atoms with Gasteiger partial charge < -0.3 is 14.5 Å². The highest BCUT2D eigenvalue weighted by Crippen LogP contribution is 2.25. The summed E-state index contributed by atoms with van der Waals surface area (Å²) in [5, 5.41) is 5.99. The van der Waals surface area contributed by atoms with Crippen LogP contribution < -0.4 is 10.6 Å². The molecule has 1 heterocycles. The molecule has 0 bridgehead atoms. The van der Waals surface area contributed by atoms with Gasteiger partial charge in [0.1, 0.15) is 5.82 Å². The Morgan fingerprint density at radius 3 is 2.41 bits per heavy atom. The second-order valence-electron chi connectivity index (χ2n) is 7.39. The van der Waals surface area contributed by atoms with Crippen LogP contribution in [0.5, 0.6) is 0 Å². The van der Waals surface area contributed by atoms with Gasteiger partial charge in [0, 0.05) is 0 Å². The number of halogens is 1. The van der Waals surface area contributed by atoms with Crippen molar-refractivity contribution in [1.82, 2.24) is 5.32 Å². The summed E-state index contributed by atoms with van der Waals surface area (Å²) >= 11 is 0. The third-order valence-corrected chi connectivity index (χ3v) is 5.28. The summed E-state index contributed by atoms with van der Waals surface area (Å²) in [6, 6.07) is 2.41. The Kier molecular flexibility index (Phi) is 7.33. The van der Waals surface area contributed by atoms with Crippen LogP contribution in [0.2, 0.25) is 0 Å². The molecule has 1 aliphatic heterocycles. The van der Waals surface area contributed by atoms with Crippen LogP contribution in [0.25, 0.3) is 0 Å². The lowest BCUT2D eigenvalue weighted by Gasteiger charge is -2.39. The lowest BCUT2D eigenvalue weighted by Crippen LogP contribution is -2.63. The molecule has 7 heteroatoms. The van der Waals surface area contributed by atoms with Crippen molar-refractivity contribution in [3.8, 4) is 0 Å². The van der Waals surface area contributed by atoms with Gasteiger partial charge in [0.15, 0.2) is 0 Å². The molecule has 0 aliphatic carbocycles. The van der Waals surface area contributed by atoms with Crippen LogP contribution in [-0.2, 0) is 9.53 Å². The number of ether oxygens (including phenoxy) is 1. The zero-order chi connectivity index (χ0) is 20.0. The fourth-order valence-corrected chi connectivity index (χ4v) is 3.87. The number of hydrogen-bond acceptors (Lipinski definition) is 4. The molecule has 0 radical (unpaired) electrons. The second kappa shape index (κ2) is 9.28. The van der Waals surface area contributed by atoms with Crippen molar-refractivity contribution in [3.05, 3.63) is 29.1 Å². The molecule has 1 saturated heterocycles. The summed E-state index contributed by atoms with van der Waals surface area (Å²) < 4.78 is 19.4. The molecule has 2 N–H and O–H groups in total. The van der Waals surface area contributed by atoms with Crippen molar-refractivity contribution in [2.45, 2.75) is 45.7 Å². The highest BCUT2D eigenvalue weighted by molar-refractivity contribution is 6.03. The predicted molar refractivity (Wildman–Crippen MR) is 103 cm³/mol. The monoisotopic (exact) mass is 380 g/mol. The summed E-state index contributed by atoms with van der Waals surface area (Å²) in [6.07, 6.45) is 4.05. The Morgan fingerprint density at radius 1 is 1.22 bits per heavy atom. The van der Waals surface area contributed by atoms with Gasteiger partial charge in [-0.3, -0.25) is 10.1 Å². The molecular formula is C20H31FN3O3+. The van der Waals surface area contributed by atoms with Gasteiger partial charge in [0.2, 0.25) is 6.17 Å². The van der Waals surface area contributed by atoms with Gasteiger partial charge in [0.05, 0.1) is 38.0 Å². The maximum Gasteiger partial charge on any atom is 0.340 e. The number of rotatable bonds is 6. The number of carbonyl (C=O) groups is 2. The number of esters is 1. The van der Waals surface area contributed by atoms with E-state index in [9.17, 15) is 14.0 Å². The topological polar surface area (TPSA) is 67.4 Å². The van der Waals surface area contributed by atoms with E-state index >= 15 is 0 Å². The first-order valence-corrected chi connectivity index (χ1v) is 9.62. The van der Waals surface area contributed by atoms with Gasteiger partial charge in [-0.25, -0.2) is 9.18 Å². The van der Waals surface area contributed by atoms with Crippen LogP contribution in [0, 0.1) is 12.7 Å². The number of likely N-dealkylation sites (tertiary alicyclic amines) is 1. The van der Waals surface area contributed by atoms with E-state index in [0.717, 1.165) is 32.0 Å². The predicted octanol–water partition coefficient (Wildman–Crippen LogP) is 2.82. The number of nitrogens with zero attached hydrogens (tertiary/aromatic N) is 1. The van der Waals surface area contributed by atoms with Gasteiger partial charge in [-0.15, -0.1) is 0 Å². The Morgan fingerprint density at radius 2 is 1.85 bits per heavy atom. The van der Waals surface area contributed by atoms with Gasteiger partial charge in [-0.05, 0) is 64.3 Å². The Balaban J connectivity index is 2.31. The molecule has 6 nitrogen and oxygen atoms in total. The smallest absolute Gasteiger partial charge is 0.340 e. The number of hydrogen-bond donors (Lipinski definition) is 2. The van der Waals surface area contributed by atoms with Gasteiger partial charge >= 0.3 is 5.97 Å². The highest BCUT2D eigenvalue weighted by Gasteiger charge is 2.38. The minimum Gasteiger partial charge on any atom is -0.462 e. The zero-order valence-electron chi connectivity index (χ0n) is 16.7. The van der Waals surface area contributed by atoms with Crippen molar-refractivity contribution >= 4 is 17.6 Å². The minimum absolute atomic E-state index is 0.0380. The minimum atomic E-state index is -0.647. The molecule has 1 aromatic rings. The molecular weight excluding hydrogens is 349 g/mol. The number of aryl methyl sites for hydroxylation is 1. The summed E-state index contributed by atoms with van der Waals surface area (Å²) in [6.45, 7) is 5.34. The van der Waals surface area contributed by atoms with E-state index in [0.29, 0.717) is 15.7 Å². The lowest BCUT2D eigenvalue weighted by molar-refractivity contribution is -0.926. The van der Waals surface area contributed by atoms with Crippen molar-refractivity contribution < 1.29 is 23.2 Å². The molecule has 150 valence electrons. The molecule has 1 unspecified atom stereocenters. The van der Waals surface area contributed by atoms with Crippen LogP contribution in [0.4, 0.5) is 10.1 Å². The van der Waals surface area contributed by atoms with E-state index in [-0.39, 0.29) is 18.1 Å². The van der Waals surface area contributed by atoms with Crippen LogP contribution >= 0.6 is 0 Å². The first-order valence-electron chi connectivity index (χ1n) is 9.62. The van der Waals surface area contributed by atoms with Crippen molar-refractivity contribution in [2.24, 2.45) is 0 Å². The summed E-state index contributed by atoms with van der Waals surface area (Å²) in [4.78, 5) is 25.3. The summed E-state index contributed by atoms with van der Waals surface area (Å²) in [7, 11) is 3.85. The van der Waals surface area contributed by atoms with Gasteiger partial charge in [-0.2, -0.15) is 0 Å². The largest absolute Gasteiger partial charge is 0.462 e. The fourth-order valence-electron chi connectivity index (χ4n) is 3.87. The van der Waals surface area contributed by atoms with Gasteiger partial charge in [-0.1, -0.05) is 0 Å². The number of nitrogens with one attached hydrogen (secondary N) is 2. The van der Waals surface area contributed by atoms with E-state index in [1.165, 1.54) is 18.9 Å². The third kappa shape index (κ3) is 5.05. The second-order valence-corrected chi connectivity index (χ2v) is 7.39. The van der Waals surface area contributed by atoms with E-state index in [1.807, 2.05) is 0 Å². The molecule has 1 fully saturated rings. The maximum atomic E-state index is 13.8. The first kappa shape index (κ1) is 21.3. The Bertz CT molecular complexity index is 685. The average molecular weight is 380 g/mol. The van der Waals surface area contributed by atoms with Crippen molar-refractivity contribution in [1.29, 1.82) is 0 Å². The summed E-state index contributed by atoms with van der Waals surface area (Å²) in [5.74, 6) is -1.42. The van der Waals surface area contributed by atoms with Crippen LogP contribution in [0.1, 0.15) is 48.5 Å². The van der Waals surface area contributed by atoms with Crippen molar-refractivity contribution in [3.63, 3.8) is 0 Å². The number of carbonyl (C=O) groups excluding carboxylic acids is 2. The first-order chi connectivity index (χ1) is 12.8. The van der Waals surface area contributed by atoms with Crippen LogP contribution in [0.3, 0.4) is 0 Å². The quantitative estimate of drug-likeness (QED) is 0.588. The molecule has 1 aliphatic rings. The SMILES string of the molecule is CCOC(=O)c1cc(F)cc(C)c1NC(=O)C(NC)[N+]1(C)CCCCCC1.